The summed E-state index contributed by atoms with van der Waals surface area (Å²) in [4.78, 5) is 32.2. The molecule has 0 radical (unpaired) electrons. The average Bonchev–Trinajstić information content (AvgIpc) is 3.59. The molecule has 7 rings (SSSR count). The highest BCUT2D eigenvalue weighted by molar-refractivity contribution is 6.33. The van der Waals surface area contributed by atoms with Gasteiger partial charge in [0.25, 0.3) is 0 Å². The SMILES string of the molecule is CC1(F)C(F)(F)CN(C(=O)N2CCn3cc(C4=C(c5cnc6ccccn56)NCC4=O)c4cc(F)cc(c43)C2)CC1(F)F. The van der Waals surface area contributed by atoms with Crippen LogP contribution in [0.15, 0.2) is 48.9 Å². The Morgan fingerprint density at radius 3 is 2.51 bits per heavy atom. The van der Waals surface area contributed by atoms with E-state index in [2.05, 4.69) is 10.3 Å². The van der Waals surface area contributed by atoms with Crippen molar-refractivity contribution in [3.8, 4) is 0 Å². The number of carbonyl (C=O) groups is 2. The minimum Gasteiger partial charge on any atom is -0.375 e. The van der Waals surface area contributed by atoms with Gasteiger partial charge < -0.3 is 19.7 Å². The van der Waals surface area contributed by atoms with Crippen molar-refractivity contribution in [2.24, 2.45) is 0 Å². The smallest absolute Gasteiger partial charge is 0.320 e. The molecule has 0 unspecified atom stereocenters. The summed E-state index contributed by atoms with van der Waals surface area (Å²) in [7, 11) is 0. The monoisotopic (exact) mass is 602 g/mol. The van der Waals surface area contributed by atoms with Crippen LogP contribution in [0.3, 0.4) is 0 Å². The van der Waals surface area contributed by atoms with Crippen molar-refractivity contribution in [2.75, 3.05) is 26.2 Å². The molecule has 8 nitrogen and oxygen atoms in total. The second-order valence-corrected chi connectivity index (χ2v) is 11.3. The molecule has 0 saturated carbocycles. The number of nitrogens with zero attached hydrogens (tertiary/aromatic N) is 5. The molecular formula is C29H24F6N6O2. The highest BCUT2D eigenvalue weighted by Gasteiger charge is 2.71. The molecule has 4 aromatic rings. The number of aromatic nitrogens is 3. The number of rotatable bonds is 2. The lowest BCUT2D eigenvalue weighted by atomic mass is 9.88. The van der Waals surface area contributed by atoms with Gasteiger partial charge in [0, 0.05) is 43.0 Å². The number of hydrogen-bond acceptors (Lipinski definition) is 4. The molecule has 3 aromatic heterocycles. The van der Waals surface area contributed by atoms with Crippen LogP contribution in [-0.2, 0) is 17.9 Å². The maximum Gasteiger partial charge on any atom is 0.320 e. The Kier molecular flexibility index (Phi) is 5.73. The van der Waals surface area contributed by atoms with E-state index >= 15 is 4.39 Å². The number of amides is 2. The number of imidazole rings is 1. The molecule has 0 aliphatic carbocycles. The van der Waals surface area contributed by atoms with Crippen molar-refractivity contribution in [1.29, 1.82) is 0 Å². The number of halogens is 6. The number of benzene rings is 1. The van der Waals surface area contributed by atoms with Gasteiger partial charge in [0.1, 0.15) is 11.5 Å². The van der Waals surface area contributed by atoms with Crippen molar-refractivity contribution >= 4 is 39.6 Å². The van der Waals surface area contributed by atoms with Gasteiger partial charge in [-0.25, -0.2) is 36.1 Å². The molecule has 2 amide bonds. The number of nitrogens with one attached hydrogen (secondary N) is 1. The fourth-order valence-corrected chi connectivity index (χ4v) is 6.20. The van der Waals surface area contributed by atoms with E-state index in [1.165, 1.54) is 12.1 Å². The molecule has 3 aliphatic heterocycles. The maximum absolute atomic E-state index is 15.1. The van der Waals surface area contributed by atoms with Gasteiger partial charge in [0.15, 0.2) is 5.78 Å². The fourth-order valence-electron chi connectivity index (χ4n) is 6.20. The van der Waals surface area contributed by atoms with Gasteiger partial charge >= 0.3 is 17.9 Å². The Bertz CT molecular complexity index is 1860. The minimum absolute atomic E-state index is 0.0187. The van der Waals surface area contributed by atoms with Crippen LogP contribution in [-0.4, -0.2) is 79.3 Å². The Labute approximate surface area is 240 Å². The standard InChI is InChI=1S/C29H24F6N6O2/c1-27(31)28(32,33)14-40(15-29(27,34)35)26(43)39-7-6-38-13-19(18-9-17(30)8-16(12-39)25(18)38)23-21(42)11-37-24(23)20-10-36-22-4-2-3-5-41(20)22/h2-5,8-10,13,37H,6-7,11-12,14-15H2,1H3. The second kappa shape index (κ2) is 9.01. The quantitative estimate of drug-likeness (QED) is 0.337. The lowest BCUT2D eigenvalue weighted by Crippen LogP contribution is -2.69. The second-order valence-electron chi connectivity index (χ2n) is 11.3. The fraction of sp³-hybridized carbons (Fsp3) is 0.345. The van der Waals surface area contributed by atoms with E-state index in [0.717, 1.165) is 4.90 Å². The van der Waals surface area contributed by atoms with Crippen LogP contribution in [0.1, 0.15) is 23.7 Å². The molecule has 0 atom stereocenters. The van der Waals surface area contributed by atoms with Gasteiger partial charge in [-0.3, -0.25) is 9.20 Å². The molecule has 43 heavy (non-hydrogen) atoms. The van der Waals surface area contributed by atoms with Crippen LogP contribution in [0.2, 0.25) is 0 Å². The van der Waals surface area contributed by atoms with Gasteiger partial charge in [0.05, 0.1) is 48.3 Å². The summed E-state index contributed by atoms with van der Waals surface area (Å²) in [6.07, 6.45) is 5.11. The summed E-state index contributed by atoms with van der Waals surface area (Å²) in [5.74, 6) is -9.87. The first kappa shape index (κ1) is 27.3. The summed E-state index contributed by atoms with van der Waals surface area (Å²) in [5.41, 5.74) is -0.680. The Morgan fingerprint density at radius 1 is 1.02 bits per heavy atom. The molecule has 0 spiro atoms. The number of pyridine rings is 1. The van der Waals surface area contributed by atoms with E-state index in [9.17, 15) is 31.5 Å². The molecule has 1 fully saturated rings. The lowest BCUT2D eigenvalue weighted by molar-refractivity contribution is -0.272. The lowest BCUT2D eigenvalue weighted by Gasteiger charge is -2.46. The topological polar surface area (TPSA) is 74.9 Å². The summed E-state index contributed by atoms with van der Waals surface area (Å²) in [6, 6.07) is 6.80. The van der Waals surface area contributed by atoms with Crippen molar-refractivity contribution in [3.63, 3.8) is 0 Å². The average molecular weight is 603 g/mol. The minimum atomic E-state index is -4.49. The van der Waals surface area contributed by atoms with E-state index in [4.69, 9.17) is 0 Å². The van der Waals surface area contributed by atoms with Crippen LogP contribution in [0.25, 0.3) is 27.8 Å². The van der Waals surface area contributed by atoms with Crippen molar-refractivity contribution in [2.45, 2.75) is 37.5 Å². The van der Waals surface area contributed by atoms with E-state index < -0.39 is 42.5 Å². The van der Waals surface area contributed by atoms with Crippen LogP contribution in [0.4, 0.5) is 31.1 Å². The summed E-state index contributed by atoms with van der Waals surface area (Å²) in [5, 5.41) is 3.53. The van der Waals surface area contributed by atoms with Crippen molar-refractivity contribution in [3.05, 3.63) is 71.6 Å². The molecule has 14 heteroatoms. The van der Waals surface area contributed by atoms with Gasteiger partial charge in [0.2, 0.25) is 5.67 Å². The molecule has 3 aliphatic rings. The van der Waals surface area contributed by atoms with Crippen molar-refractivity contribution in [1.82, 2.24) is 29.1 Å². The maximum atomic E-state index is 15.1. The van der Waals surface area contributed by atoms with E-state index in [0.29, 0.717) is 44.6 Å². The van der Waals surface area contributed by atoms with Crippen LogP contribution in [0.5, 0.6) is 0 Å². The van der Waals surface area contributed by atoms with Crippen molar-refractivity contribution < 1.29 is 35.9 Å². The van der Waals surface area contributed by atoms with E-state index in [1.807, 2.05) is 22.6 Å². The Hall–Kier alpha value is -4.49. The van der Waals surface area contributed by atoms with Gasteiger partial charge in [-0.15, -0.1) is 0 Å². The molecule has 6 heterocycles. The number of hydrogen-bond donors (Lipinski definition) is 1. The molecule has 0 bridgehead atoms. The first-order valence-corrected chi connectivity index (χ1v) is 13.5. The van der Waals surface area contributed by atoms with E-state index in [1.54, 1.807) is 23.2 Å². The third kappa shape index (κ3) is 3.94. The zero-order chi connectivity index (χ0) is 30.5. The number of piperidine rings is 1. The molecule has 1 N–H and O–H groups in total. The Morgan fingerprint density at radius 2 is 1.77 bits per heavy atom. The molecule has 1 saturated heterocycles. The summed E-state index contributed by atoms with van der Waals surface area (Å²) in [6.45, 7) is -3.15. The predicted molar refractivity (Wildman–Crippen MR) is 144 cm³/mol. The number of alkyl halides is 5. The number of likely N-dealkylation sites (tertiary alicyclic amines) is 1. The first-order valence-electron chi connectivity index (χ1n) is 13.5. The van der Waals surface area contributed by atoms with Gasteiger partial charge in [-0.1, -0.05) is 6.07 Å². The number of fused-ring (bicyclic) bond motifs is 1. The molecular weight excluding hydrogens is 578 g/mol. The summed E-state index contributed by atoms with van der Waals surface area (Å²) >= 11 is 0. The number of carbonyl (C=O) groups excluding carboxylic acids is 2. The molecule has 224 valence electrons. The third-order valence-corrected chi connectivity index (χ3v) is 8.58. The molecule has 1 aromatic carbocycles. The van der Waals surface area contributed by atoms with Crippen LogP contribution < -0.4 is 5.32 Å². The number of Topliss-reactive ketones (excluding diaryl/α,β-unsaturated/α-hetero) is 1. The van der Waals surface area contributed by atoms with E-state index in [-0.39, 0.29) is 43.8 Å². The largest absolute Gasteiger partial charge is 0.375 e. The van der Waals surface area contributed by atoms with Crippen LogP contribution in [0, 0.1) is 5.82 Å². The highest BCUT2D eigenvalue weighted by atomic mass is 19.3. The normalized spacial score (nSPS) is 21.0. The Balaban J connectivity index is 1.28. The third-order valence-electron chi connectivity index (χ3n) is 8.58. The highest BCUT2D eigenvalue weighted by Crippen LogP contribution is 2.48. The van der Waals surface area contributed by atoms with Gasteiger partial charge in [-0.2, -0.15) is 0 Å². The zero-order valence-corrected chi connectivity index (χ0v) is 22.7. The number of urea groups is 1. The zero-order valence-electron chi connectivity index (χ0n) is 22.7. The van der Waals surface area contributed by atoms with Crippen LogP contribution >= 0.6 is 0 Å². The number of ketones is 1. The van der Waals surface area contributed by atoms with Gasteiger partial charge in [-0.05, 0) is 36.8 Å². The first-order chi connectivity index (χ1) is 20.3. The predicted octanol–water partition coefficient (Wildman–Crippen LogP) is 4.72. The summed E-state index contributed by atoms with van der Waals surface area (Å²) < 4.78 is 90.7.